The number of rotatable bonds is 4. The van der Waals surface area contributed by atoms with E-state index < -0.39 is 0 Å². The number of nitrogens with zero attached hydrogens (tertiary/aromatic N) is 3. The maximum Gasteiger partial charge on any atom is 0.248 e. The average molecular weight is 344 g/mol. The molecule has 0 saturated carbocycles. The quantitative estimate of drug-likeness (QED) is 0.864. The molecule has 2 aromatic heterocycles. The smallest absolute Gasteiger partial charge is 0.248 e. The van der Waals surface area contributed by atoms with Gasteiger partial charge in [-0.15, -0.1) is 11.3 Å². The molecule has 0 atom stereocenters. The van der Waals surface area contributed by atoms with Crippen molar-refractivity contribution in [3.63, 3.8) is 0 Å². The van der Waals surface area contributed by atoms with Crippen LogP contribution < -0.4 is 10.2 Å². The maximum absolute atomic E-state index is 12.1. The fraction of sp³-hybridized carbons (Fsp3) is 0.353. The van der Waals surface area contributed by atoms with E-state index >= 15 is 0 Å². The van der Waals surface area contributed by atoms with E-state index in [1.165, 1.54) is 6.08 Å². The van der Waals surface area contributed by atoms with E-state index in [4.69, 9.17) is 4.74 Å². The lowest BCUT2D eigenvalue weighted by molar-refractivity contribution is -0.111. The number of anilines is 2. The van der Waals surface area contributed by atoms with Crippen molar-refractivity contribution in [1.82, 2.24) is 9.97 Å². The van der Waals surface area contributed by atoms with Crippen LogP contribution in [0.1, 0.15) is 16.3 Å². The Morgan fingerprint density at radius 3 is 2.62 bits per heavy atom. The van der Waals surface area contributed by atoms with Crippen LogP contribution in [0, 0.1) is 13.8 Å². The summed E-state index contributed by atoms with van der Waals surface area (Å²) < 4.78 is 5.35. The Labute approximate surface area is 145 Å². The Kier molecular flexibility index (Phi) is 5.22. The van der Waals surface area contributed by atoms with E-state index in [1.807, 2.05) is 31.4 Å². The van der Waals surface area contributed by atoms with Crippen LogP contribution in [-0.4, -0.2) is 42.2 Å². The molecule has 3 rings (SSSR count). The molecule has 1 fully saturated rings. The highest BCUT2D eigenvalue weighted by atomic mass is 32.1. The third-order valence-electron chi connectivity index (χ3n) is 3.74. The van der Waals surface area contributed by atoms with Crippen LogP contribution in [0.25, 0.3) is 6.08 Å². The monoisotopic (exact) mass is 344 g/mol. The molecular weight excluding hydrogens is 324 g/mol. The zero-order chi connectivity index (χ0) is 16.9. The van der Waals surface area contributed by atoms with Gasteiger partial charge in [0, 0.05) is 24.0 Å². The predicted octanol–water partition coefficient (Wildman–Crippen LogP) is 2.64. The van der Waals surface area contributed by atoms with E-state index in [2.05, 4.69) is 20.2 Å². The second-order valence-electron chi connectivity index (χ2n) is 5.51. The number of aryl methyl sites for hydroxylation is 2. The molecule has 1 aliphatic rings. The lowest BCUT2D eigenvalue weighted by Crippen LogP contribution is -2.37. The largest absolute Gasteiger partial charge is 0.378 e. The van der Waals surface area contributed by atoms with Crippen molar-refractivity contribution in [2.75, 3.05) is 36.5 Å². The number of amides is 1. The van der Waals surface area contributed by atoms with Gasteiger partial charge in [0.2, 0.25) is 11.9 Å². The second kappa shape index (κ2) is 7.55. The van der Waals surface area contributed by atoms with E-state index in [0.29, 0.717) is 24.8 Å². The van der Waals surface area contributed by atoms with Crippen molar-refractivity contribution in [1.29, 1.82) is 0 Å². The highest BCUT2D eigenvalue weighted by Crippen LogP contribution is 2.21. The normalized spacial score (nSPS) is 15.0. The summed E-state index contributed by atoms with van der Waals surface area (Å²) in [6.45, 7) is 6.72. The van der Waals surface area contributed by atoms with Crippen molar-refractivity contribution in [2.24, 2.45) is 0 Å². The van der Waals surface area contributed by atoms with E-state index in [0.717, 1.165) is 29.4 Å². The molecule has 0 radical (unpaired) electrons. The molecule has 0 spiro atoms. The Morgan fingerprint density at radius 2 is 2.00 bits per heavy atom. The first kappa shape index (κ1) is 16.6. The van der Waals surface area contributed by atoms with Crippen molar-refractivity contribution < 1.29 is 9.53 Å². The fourth-order valence-electron chi connectivity index (χ4n) is 2.49. The predicted molar refractivity (Wildman–Crippen MR) is 96.5 cm³/mol. The van der Waals surface area contributed by atoms with Gasteiger partial charge in [-0.2, -0.15) is 0 Å². The van der Waals surface area contributed by atoms with E-state index in [1.54, 1.807) is 17.4 Å². The minimum Gasteiger partial charge on any atom is -0.378 e. The van der Waals surface area contributed by atoms with Crippen LogP contribution in [0.2, 0.25) is 0 Å². The van der Waals surface area contributed by atoms with Crippen LogP contribution in [-0.2, 0) is 9.53 Å². The Bertz CT molecular complexity index is 714. The summed E-state index contributed by atoms with van der Waals surface area (Å²) in [6, 6.07) is 3.92. The Morgan fingerprint density at radius 1 is 1.29 bits per heavy atom. The number of thiophene rings is 1. The molecule has 0 unspecified atom stereocenters. The van der Waals surface area contributed by atoms with Crippen molar-refractivity contribution >= 4 is 35.0 Å². The van der Waals surface area contributed by atoms with Crippen LogP contribution in [0.3, 0.4) is 0 Å². The molecular formula is C17H20N4O2S. The molecule has 1 saturated heterocycles. The molecule has 1 N–H and O–H groups in total. The highest BCUT2D eigenvalue weighted by molar-refractivity contribution is 7.10. The zero-order valence-electron chi connectivity index (χ0n) is 13.8. The topological polar surface area (TPSA) is 67.3 Å². The summed E-state index contributed by atoms with van der Waals surface area (Å²) in [7, 11) is 0. The van der Waals surface area contributed by atoms with Crippen molar-refractivity contribution in [3.05, 3.63) is 39.9 Å². The number of aromatic nitrogens is 2. The van der Waals surface area contributed by atoms with Gasteiger partial charge in [0.25, 0.3) is 0 Å². The Balaban J connectivity index is 1.72. The number of morpholine rings is 1. The minimum atomic E-state index is -0.183. The van der Waals surface area contributed by atoms with E-state index in [9.17, 15) is 4.79 Å². The van der Waals surface area contributed by atoms with Gasteiger partial charge in [-0.3, -0.25) is 4.79 Å². The summed E-state index contributed by atoms with van der Waals surface area (Å²) in [6.07, 6.45) is 3.33. The molecule has 1 amide bonds. The molecule has 126 valence electrons. The average Bonchev–Trinajstić information content (AvgIpc) is 3.10. The van der Waals surface area contributed by atoms with Crippen LogP contribution >= 0.6 is 11.3 Å². The lowest BCUT2D eigenvalue weighted by atomic mass is 10.2. The highest BCUT2D eigenvalue weighted by Gasteiger charge is 2.17. The lowest BCUT2D eigenvalue weighted by Gasteiger charge is -2.27. The number of carbonyl (C=O) groups is 1. The van der Waals surface area contributed by atoms with Crippen LogP contribution in [0.15, 0.2) is 23.6 Å². The first-order valence-corrected chi connectivity index (χ1v) is 8.72. The third kappa shape index (κ3) is 3.98. The summed E-state index contributed by atoms with van der Waals surface area (Å²) in [5, 5.41) is 4.86. The minimum absolute atomic E-state index is 0.183. The van der Waals surface area contributed by atoms with Gasteiger partial charge >= 0.3 is 0 Å². The van der Waals surface area contributed by atoms with Gasteiger partial charge in [0.1, 0.15) is 0 Å². The van der Waals surface area contributed by atoms with Crippen LogP contribution in [0.5, 0.6) is 0 Å². The molecule has 0 aliphatic carbocycles. The Hall–Kier alpha value is -2.25. The molecule has 24 heavy (non-hydrogen) atoms. The van der Waals surface area contributed by atoms with Gasteiger partial charge in [-0.1, -0.05) is 6.07 Å². The zero-order valence-corrected chi connectivity index (χ0v) is 14.6. The molecule has 2 aromatic rings. The molecule has 7 heteroatoms. The van der Waals surface area contributed by atoms with Gasteiger partial charge in [-0.25, -0.2) is 9.97 Å². The molecule has 0 bridgehead atoms. The SMILES string of the molecule is Cc1nc(N2CCOCC2)nc(C)c1NC(=O)/C=C/c1cccs1. The molecule has 3 heterocycles. The number of ether oxygens (including phenoxy) is 1. The van der Waals surface area contributed by atoms with Gasteiger partial charge in [-0.05, 0) is 31.4 Å². The summed E-state index contributed by atoms with van der Waals surface area (Å²) in [5.41, 5.74) is 2.21. The van der Waals surface area contributed by atoms with Crippen molar-refractivity contribution in [2.45, 2.75) is 13.8 Å². The van der Waals surface area contributed by atoms with Gasteiger partial charge in [0.05, 0.1) is 30.3 Å². The van der Waals surface area contributed by atoms with Crippen LogP contribution in [0.4, 0.5) is 11.6 Å². The number of carbonyl (C=O) groups excluding carboxylic acids is 1. The number of hydrogen-bond acceptors (Lipinski definition) is 6. The van der Waals surface area contributed by atoms with Crippen molar-refractivity contribution in [3.8, 4) is 0 Å². The summed E-state index contributed by atoms with van der Waals surface area (Å²) in [5.74, 6) is 0.512. The van der Waals surface area contributed by atoms with Gasteiger partial charge in [0.15, 0.2) is 0 Å². The third-order valence-corrected chi connectivity index (χ3v) is 4.58. The summed E-state index contributed by atoms with van der Waals surface area (Å²) >= 11 is 1.59. The second-order valence-corrected chi connectivity index (χ2v) is 6.49. The molecule has 1 aliphatic heterocycles. The first-order valence-electron chi connectivity index (χ1n) is 7.84. The molecule has 0 aromatic carbocycles. The summed E-state index contributed by atoms with van der Waals surface area (Å²) in [4.78, 5) is 24.4. The standard InChI is InChI=1S/C17H20N4O2S/c1-12-16(20-15(22)6-5-14-4-3-11-24-14)13(2)19-17(18-12)21-7-9-23-10-8-21/h3-6,11H,7-10H2,1-2H3,(H,20,22)/b6-5+. The maximum atomic E-state index is 12.1. The first-order chi connectivity index (χ1) is 11.6. The van der Waals surface area contributed by atoms with E-state index in [-0.39, 0.29) is 5.91 Å². The molecule has 6 nitrogen and oxygen atoms in total. The number of hydrogen-bond donors (Lipinski definition) is 1. The fourth-order valence-corrected chi connectivity index (χ4v) is 3.11. The van der Waals surface area contributed by atoms with Gasteiger partial charge < -0.3 is 15.0 Å². The number of nitrogens with one attached hydrogen (secondary N) is 1.